The van der Waals surface area contributed by atoms with Crippen molar-refractivity contribution in [3.8, 4) is 17.0 Å². The SMILES string of the molecule is C[C@@]12CCCN1N(Cc1ccc(OCCN3CCOCC3)c(F)c1F)C(=O)C(C(=O)Nc1ccc(C(F)(F)F)cc1-c1cc(C(F)(F)F)ncn1)=C2O. The van der Waals surface area contributed by atoms with Gasteiger partial charge in [0.05, 0.1) is 42.2 Å². The number of hydrogen-bond donors (Lipinski definition) is 2. The standard InChI is InChI=1S/C34H32F8N6O5/c1-32-7-2-8-48(32)47(17-19-3-6-24(28(36)27(19)35)53-14-11-46-9-12-52-13-10-46)31(51)26(29(32)49)30(50)45-22-5-4-20(33(37,38)39)15-21(22)23-16-25(34(40,41)42)44-18-43-23/h3-6,15-16,18,49H,2,7-14,17H2,1H3,(H,45,50)/t32-/m0/s1. The lowest BCUT2D eigenvalue weighted by Crippen LogP contribution is -2.60. The van der Waals surface area contributed by atoms with Gasteiger partial charge in [-0.3, -0.25) is 19.5 Å². The third-order valence-corrected chi connectivity index (χ3v) is 9.36. The molecule has 4 heterocycles. The number of nitrogens with zero attached hydrogens (tertiary/aromatic N) is 5. The van der Waals surface area contributed by atoms with E-state index in [1.165, 1.54) is 24.1 Å². The molecule has 2 fully saturated rings. The first-order valence-corrected chi connectivity index (χ1v) is 16.3. The molecule has 53 heavy (non-hydrogen) atoms. The summed E-state index contributed by atoms with van der Waals surface area (Å²) in [5.74, 6) is -6.15. The Balaban J connectivity index is 1.28. The van der Waals surface area contributed by atoms with Crippen molar-refractivity contribution >= 4 is 17.5 Å². The molecule has 6 rings (SSSR count). The van der Waals surface area contributed by atoms with Crippen molar-refractivity contribution in [3.05, 3.63) is 82.5 Å². The quantitative estimate of drug-likeness (QED) is 0.208. The Morgan fingerprint density at radius 3 is 2.43 bits per heavy atom. The fourth-order valence-corrected chi connectivity index (χ4v) is 6.51. The van der Waals surface area contributed by atoms with E-state index in [9.17, 15) is 41.0 Å². The van der Waals surface area contributed by atoms with Crippen molar-refractivity contribution < 1.29 is 59.3 Å². The monoisotopic (exact) mass is 756 g/mol. The van der Waals surface area contributed by atoms with Crippen molar-refractivity contribution in [1.82, 2.24) is 24.9 Å². The number of halogens is 8. The molecule has 0 saturated carbocycles. The Morgan fingerprint density at radius 1 is 1.00 bits per heavy atom. The van der Waals surface area contributed by atoms with E-state index >= 15 is 8.78 Å². The predicted molar refractivity (Wildman–Crippen MR) is 170 cm³/mol. The number of anilines is 1. The van der Waals surface area contributed by atoms with Gasteiger partial charge in [0.2, 0.25) is 5.82 Å². The molecule has 0 unspecified atom stereocenters. The summed E-state index contributed by atoms with van der Waals surface area (Å²) in [6.07, 6.45) is -8.83. The van der Waals surface area contributed by atoms with E-state index in [1.807, 2.05) is 4.90 Å². The number of aliphatic hydroxyl groups excluding tert-OH is 1. The minimum absolute atomic E-state index is 0.0658. The molecule has 1 aromatic heterocycles. The molecule has 0 spiro atoms. The second-order valence-corrected chi connectivity index (χ2v) is 12.7. The van der Waals surface area contributed by atoms with E-state index < -0.39 is 87.4 Å². The van der Waals surface area contributed by atoms with Crippen LogP contribution in [0.3, 0.4) is 0 Å². The smallest absolute Gasteiger partial charge is 0.433 e. The lowest BCUT2D eigenvalue weighted by atomic mass is 9.90. The van der Waals surface area contributed by atoms with Crippen molar-refractivity contribution in [1.29, 1.82) is 0 Å². The van der Waals surface area contributed by atoms with Crippen LogP contribution in [-0.2, 0) is 33.2 Å². The number of aromatic nitrogens is 2. The van der Waals surface area contributed by atoms with Crippen molar-refractivity contribution in [2.24, 2.45) is 0 Å². The van der Waals surface area contributed by atoms with Crippen LogP contribution in [0.1, 0.15) is 36.6 Å². The zero-order valence-electron chi connectivity index (χ0n) is 28.0. The molecule has 3 aromatic rings. The van der Waals surface area contributed by atoms with E-state index in [0.717, 1.165) is 11.1 Å². The third kappa shape index (κ3) is 7.63. The van der Waals surface area contributed by atoms with E-state index in [1.54, 1.807) is 0 Å². The second-order valence-electron chi connectivity index (χ2n) is 12.7. The third-order valence-electron chi connectivity index (χ3n) is 9.36. The Labute approximate surface area is 296 Å². The number of carbonyl (C=O) groups excluding carboxylic acids is 2. The zero-order valence-corrected chi connectivity index (χ0v) is 28.0. The van der Waals surface area contributed by atoms with E-state index in [2.05, 4.69) is 15.3 Å². The number of alkyl halides is 6. The van der Waals surface area contributed by atoms with Crippen LogP contribution in [-0.4, -0.2) is 93.3 Å². The van der Waals surface area contributed by atoms with Gasteiger partial charge in [-0.05, 0) is 50.1 Å². The number of rotatable bonds is 9. The number of amides is 2. The molecule has 2 N–H and O–H groups in total. The Bertz CT molecular complexity index is 1930. The molecule has 0 bridgehead atoms. The first-order chi connectivity index (χ1) is 25.0. The van der Waals surface area contributed by atoms with Crippen LogP contribution in [0.25, 0.3) is 11.3 Å². The molecular weight excluding hydrogens is 724 g/mol. The van der Waals surface area contributed by atoms with Crippen LogP contribution in [0, 0.1) is 11.6 Å². The number of morpholine rings is 1. The molecule has 0 radical (unpaired) electrons. The summed E-state index contributed by atoms with van der Waals surface area (Å²) in [6.45, 7) is 4.02. The summed E-state index contributed by atoms with van der Waals surface area (Å²) in [5.41, 5.74) is -7.01. The van der Waals surface area contributed by atoms with Crippen molar-refractivity contribution in [2.75, 3.05) is 51.3 Å². The van der Waals surface area contributed by atoms with Crippen LogP contribution >= 0.6 is 0 Å². The first kappa shape index (κ1) is 37.9. The summed E-state index contributed by atoms with van der Waals surface area (Å²) >= 11 is 0. The maximum atomic E-state index is 15.5. The molecule has 1 atom stereocenters. The highest BCUT2D eigenvalue weighted by Crippen LogP contribution is 2.43. The van der Waals surface area contributed by atoms with Crippen LogP contribution in [0.15, 0.2) is 54.1 Å². The van der Waals surface area contributed by atoms with Crippen LogP contribution < -0.4 is 10.1 Å². The minimum atomic E-state index is -4.99. The normalized spacial score (nSPS) is 20.2. The number of aliphatic hydroxyl groups is 1. The van der Waals surface area contributed by atoms with Gasteiger partial charge in [-0.15, -0.1) is 0 Å². The van der Waals surface area contributed by atoms with Gasteiger partial charge in [-0.1, -0.05) is 6.07 Å². The van der Waals surface area contributed by atoms with E-state index in [4.69, 9.17) is 9.47 Å². The number of nitrogens with one attached hydrogen (secondary N) is 1. The van der Waals surface area contributed by atoms with Crippen LogP contribution in [0.2, 0.25) is 0 Å². The van der Waals surface area contributed by atoms with Gasteiger partial charge in [0.25, 0.3) is 11.8 Å². The number of fused-ring (bicyclic) bond motifs is 1. The van der Waals surface area contributed by atoms with Gasteiger partial charge < -0.3 is 19.9 Å². The Kier molecular flexibility index (Phi) is 10.4. The molecule has 3 aliphatic heterocycles. The molecule has 2 aromatic carbocycles. The molecular formula is C34H32F8N6O5. The molecule has 19 heteroatoms. The van der Waals surface area contributed by atoms with Crippen molar-refractivity contribution in [2.45, 2.75) is 44.2 Å². The molecule has 3 aliphatic rings. The summed E-state index contributed by atoms with van der Waals surface area (Å²) in [7, 11) is 0. The molecule has 0 aliphatic carbocycles. The summed E-state index contributed by atoms with van der Waals surface area (Å²) in [5, 5.41) is 16.0. The maximum Gasteiger partial charge on any atom is 0.433 e. The summed E-state index contributed by atoms with van der Waals surface area (Å²) in [6, 6.07) is 4.60. The molecule has 2 saturated heterocycles. The average molecular weight is 757 g/mol. The fourth-order valence-electron chi connectivity index (χ4n) is 6.51. The van der Waals surface area contributed by atoms with E-state index in [0.29, 0.717) is 63.8 Å². The number of carbonyl (C=O) groups is 2. The zero-order chi connectivity index (χ0) is 38.3. The van der Waals surface area contributed by atoms with Crippen LogP contribution in [0.4, 0.5) is 40.8 Å². The minimum Gasteiger partial charge on any atom is -0.509 e. The number of hydrazine groups is 1. The van der Waals surface area contributed by atoms with Gasteiger partial charge in [0.1, 0.15) is 30.0 Å². The largest absolute Gasteiger partial charge is 0.509 e. The van der Waals surface area contributed by atoms with Gasteiger partial charge >= 0.3 is 12.4 Å². The highest BCUT2D eigenvalue weighted by molar-refractivity contribution is 6.24. The first-order valence-electron chi connectivity index (χ1n) is 16.3. The highest BCUT2D eigenvalue weighted by Gasteiger charge is 2.53. The van der Waals surface area contributed by atoms with Gasteiger partial charge in [0, 0.05) is 37.3 Å². The van der Waals surface area contributed by atoms with Gasteiger partial charge in [-0.25, -0.2) is 19.4 Å². The van der Waals surface area contributed by atoms with Crippen LogP contribution in [0.5, 0.6) is 5.75 Å². The summed E-state index contributed by atoms with van der Waals surface area (Å²) < 4.78 is 123. The Morgan fingerprint density at radius 2 is 1.74 bits per heavy atom. The lowest BCUT2D eigenvalue weighted by Gasteiger charge is -2.46. The van der Waals surface area contributed by atoms with Gasteiger partial charge in [0.15, 0.2) is 11.6 Å². The number of benzene rings is 2. The van der Waals surface area contributed by atoms with E-state index in [-0.39, 0.29) is 30.9 Å². The average Bonchev–Trinajstić information content (AvgIpc) is 3.52. The molecule has 11 nitrogen and oxygen atoms in total. The number of ether oxygens (including phenoxy) is 2. The molecule has 284 valence electrons. The number of hydrogen-bond acceptors (Lipinski definition) is 9. The van der Waals surface area contributed by atoms with Crippen molar-refractivity contribution in [3.63, 3.8) is 0 Å². The lowest BCUT2D eigenvalue weighted by molar-refractivity contribution is -0.160. The molecule has 2 amide bonds. The van der Waals surface area contributed by atoms with Gasteiger partial charge in [-0.2, -0.15) is 30.7 Å². The fraction of sp³-hybridized carbons (Fsp3) is 0.412. The Hall–Kier alpha value is -4.88. The maximum absolute atomic E-state index is 15.5. The topological polar surface area (TPSA) is 120 Å². The summed E-state index contributed by atoms with van der Waals surface area (Å²) in [4.78, 5) is 36.6. The predicted octanol–water partition coefficient (Wildman–Crippen LogP) is 5.73. The second kappa shape index (κ2) is 14.5. The highest BCUT2D eigenvalue weighted by atomic mass is 19.4.